The second-order valence-electron chi connectivity index (χ2n) is 4.66. The number of benzene rings is 1. The molecule has 0 saturated heterocycles. The molecule has 112 valence electrons. The molecule has 1 aromatic carbocycles. The molecule has 1 unspecified atom stereocenters. The Balaban J connectivity index is 2.41. The van der Waals surface area contributed by atoms with E-state index in [9.17, 15) is 14.7 Å². The van der Waals surface area contributed by atoms with Crippen molar-refractivity contribution in [1.29, 1.82) is 0 Å². The van der Waals surface area contributed by atoms with E-state index in [1.807, 2.05) is 0 Å². The number of para-hydroxylation sites is 2. The molecule has 0 bridgehead atoms. The minimum Gasteiger partial charge on any atom is -0.466 e. The van der Waals surface area contributed by atoms with E-state index < -0.39 is 11.8 Å². The molecular formula is C15H17NO5. The van der Waals surface area contributed by atoms with Gasteiger partial charge in [0.15, 0.2) is 0 Å². The minimum atomic E-state index is -1.91. The predicted molar refractivity (Wildman–Crippen MR) is 75.7 cm³/mol. The largest absolute Gasteiger partial charge is 0.466 e. The van der Waals surface area contributed by atoms with Crippen LogP contribution in [0.15, 0.2) is 36.0 Å². The predicted octanol–water partition coefficient (Wildman–Crippen LogP) is 1.61. The van der Waals surface area contributed by atoms with Crippen LogP contribution in [-0.4, -0.2) is 29.8 Å². The van der Waals surface area contributed by atoms with Gasteiger partial charge in [-0.15, -0.1) is 0 Å². The zero-order valence-corrected chi connectivity index (χ0v) is 11.9. The fraction of sp³-hybridized carbons (Fsp3) is 0.333. The Hall–Kier alpha value is -2.34. The number of rotatable bonds is 4. The molecule has 1 aromatic rings. The van der Waals surface area contributed by atoms with Gasteiger partial charge in [-0.25, -0.2) is 4.79 Å². The molecule has 0 amide bonds. The summed E-state index contributed by atoms with van der Waals surface area (Å²) in [4.78, 5) is 23.1. The van der Waals surface area contributed by atoms with E-state index in [2.05, 4.69) is 10.1 Å². The van der Waals surface area contributed by atoms with Crippen LogP contribution < -0.4 is 10.1 Å². The smallest absolute Gasteiger partial charge is 0.332 e. The third-order valence-electron chi connectivity index (χ3n) is 3.15. The average Bonchev–Trinajstić information content (AvgIpc) is 2.47. The third-order valence-corrected chi connectivity index (χ3v) is 3.15. The van der Waals surface area contributed by atoms with Crippen LogP contribution in [0.1, 0.15) is 19.8 Å². The van der Waals surface area contributed by atoms with Crippen LogP contribution in [0.25, 0.3) is 0 Å². The van der Waals surface area contributed by atoms with Gasteiger partial charge < -0.3 is 19.9 Å². The number of esters is 1. The minimum absolute atomic E-state index is 0.0786. The van der Waals surface area contributed by atoms with E-state index in [1.165, 1.54) is 7.11 Å². The summed E-state index contributed by atoms with van der Waals surface area (Å²) < 4.78 is 10.1. The number of methoxy groups -OCH3 is 1. The Morgan fingerprint density at radius 1 is 1.43 bits per heavy atom. The molecule has 0 spiro atoms. The van der Waals surface area contributed by atoms with Crippen molar-refractivity contribution in [2.24, 2.45) is 0 Å². The first-order valence-electron chi connectivity index (χ1n) is 6.57. The van der Waals surface area contributed by atoms with E-state index in [4.69, 9.17) is 4.74 Å². The number of nitrogens with one attached hydrogen (secondary N) is 1. The van der Waals surface area contributed by atoms with Crippen LogP contribution in [0, 0.1) is 0 Å². The number of ether oxygens (including phenoxy) is 2. The maximum Gasteiger partial charge on any atom is 0.332 e. The highest BCUT2D eigenvalue weighted by Crippen LogP contribution is 2.38. The second-order valence-corrected chi connectivity index (χ2v) is 4.66. The van der Waals surface area contributed by atoms with E-state index >= 15 is 0 Å². The zero-order valence-electron chi connectivity index (χ0n) is 11.9. The molecular weight excluding hydrogens is 274 g/mol. The molecule has 1 atom stereocenters. The van der Waals surface area contributed by atoms with E-state index in [0.29, 0.717) is 11.4 Å². The quantitative estimate of drug-likeness (QED) is 0.647. The summed E-state index contributed by atoms with van der Waals surface area (Å²) in [6, 6.07) is 6.93. The molecule has 1 heterocycles. The lowest BCUT2D eigenvalue weighted by Crippen LogP contribution is -2.45. The Morgan fingerprint density at radius 2 is 2.14 bits per heavy atom. The molecule has 1 aliphatic rings. The topological polar surface area (TPSA) is 84.9 Å². The second kappa shape index (κ2) is 5.97. The van der Waals surface area contributed by atoms with Crippen LogP contribution in [0.2, 0.25) is 0 Å². The van der Waals surface area contributed by atoms with Gasteiger partial charge in [0.25, 0.3) is 5.79 Å². The lowest BCUT2D eigenvalue weighted by Gasteiger charge is -2.36. The summed E-state index contributed by atoms with van der Waals surface area (Å²) in [5.41, 5.74) is 0.677. The fourth-order valence-corrected chi connectivity index (χ4v) is 1.99. The highest BCUT2D eigenvalue weighted by molar-refractivity contribution is 5.86. The van der Waals surface area contributed by atoms with Gasteiger partial charge in [0.2, 0.25) is 0 Å². The van der Waals surface area contributed by atoms with Gasteiger partial charge in [0.05, 0.1) is 24.9 Å². The van der Waals surface area contributed by atoms with Gasteiger partial charge in [0, 0.05) is 12.5 Å². The number of fused-ring (bicyclic) bond motifs is 1. The lowest BCUT2D eigenvalue weighted by atomic mass is 10.0. The standard InChI is InChI=1S/C15H17NO5/c1-3-10(17)9-15(19)13(8-14(18)20-2)16-11-6-4-5-7-12(11)21-15/h4-8,16,19H,3,9H2,1-2H3/b13-8-. The van der Waals surface area contributed by atoms with Gasteiger partial charge in [-0.1, -0.05) is 19.1 Å². The SMILES string of the molecule is CCC(=O)CC1(O)Oc2ccccc2N/C1=C\C(=O)OC. The highest BCUT2D eigenvalue weighted by Gasteiger charge is 2.41. The normalized spacial score (nSPS) is 22.0. The number of anilines is 1. The Kier molecular flexibility index (Phi) is 4.28. The zero-order chi connectivity index (χ0) is 15.5. The van der Waals surface area contributed by atoms with E-state index in [1.54, 1.807) is 31.2 Å². The number of aliphatic hydroxyl groups is 1. The van der Waals surface area contributed by atoms with Crippen LogP contribution in [0.5, 0.6) is 5.75 Å². The number of carbonyl (C=O) groups is 2. The van der Waals surface area contributed by atoms with Crippen LogP contribution in [0.3, 0.4) is 0 Å². The Morgan fingerprint density at radius 3 is 2.81 bits per heavy atom. The number of ketones is 1. The van der Waals surface area contributed by atoms with Gasteiger partial charge in [-0.05, 0) is 12.1 Å². The third kappa shape index (κ3) is 3.22. The molecule has 2 rings (SSSR count). The molecule has 0 saturated carbocycles. The van der Waals surface area contributed by atoms with Crippen molar-refractivity contribution in [3.63, 3.8) is 0 Å². The summed E-state index contributed by atoms with van der Waals surface area (Å²) in [7, 11) is 1.23. The Labute approximate surface area is 122 Å². The number of carbonyl (C=O) groups excluding carboxylic acids is 2. The van der Waals surface area contributed by atoms with Crippen LogP contribution in [0.4, 0.5) is 5.69 Å². The van der Waals surface area contributed by atoms with Crippen LogP contribution >= 0.6 is 0 Å². The van der Waals surface area contributed by atoms with Gasteiger partial charge in [0.1, 0.15) is 11.5 Å². The first kappa shape index (κ1) is 15.1. The van der Waals surface area contributed by atoms with Gasteiger partial charge in [-0.3, -0.25) is 4.79 Å². The molecule has 6 nitrogen and oxygen atoms in total. The molecule has 0 fully saturated rings. The van der Waals surface area contributed by atoms with Gasteiger partial charge >= 0.3 is 5.97 Å². The molecule has 1 aliphatic heterocycles. The van der Waals surface area contributed by atoms with Crippen molar-refractivity contribution >= 4 is 17.4 Å². The molecule has 2 N–H and O–H groups in total. The molecule has 0 radical (unpaired) electrons. The van der Waals surface area contributed by atoms with Crippen molar-refractivity contribution in [3.8, 4) is 5.75 Å². The van der Waals surface area contributed by atoms with Crippen molar-refractivity contribution in [1.82, 2.24) is 0 Å². The summed E-state index contributed by atoms with van der Waals surface area (Å²) >= 11 is 0. The summed E-state index contributed by atoms with van der Waals surface area (Å²) in [6.07, 6.45) is 1.09. The van der Waals surface area contributed by atoms with Crippen molar-refractivity contribution < 1.29 is 24.2 Å². The monoisotopic (exact) mass is 291 g/mol. The molecule has 6 heteroatoms. The van der Waals surface area contributed by atoms with Crippen molar-refractivity contribution in [3.05, 3.63) is 36.0 Å². The maximum atomic E-state index is 11.7. The number of hydrogen-bond donors (Lipinski definition) is 2. The first-order chi connectivity index (χ1) is 9.98. The molecule has 0 aromatic heterocycles. The van der Waals surface area contributed by atoms with E-state index in [-0.39, 0.29) is 24.3 Å². The fourth-order valence-electron chi connectivity index (χ4n) is 1.99. The summed E-state index contributed by atoms with van der Waals surface area (Å²) in [5.74, 6) is -2.33. The van der Waals surface area contributed by atoms with Crippen molar-refractivity contribution in [2.75, 3.05) is 12.4 Å². The van der Waals surface area contributed by atoms with E-state index in [0.717, 1.165) is 6.08 Å². The molecule has 0 aliphatic carbocycles. The summed E-state index contributed by atoms with van der Waals surface area (Å²) in [6.45, 7) is 1.69. The highest BCUT2D eigenvalue weighted by atomic mass is 16.6. The first-order valence-corrected chi connectivity index (χ1v) is 6.57. The van der Waals surface area contributed by atoms with Crippen molar-refractivity contribution in [2.45, 2.75) is 25.6 Å². The number of hydrogen-bond acceptors (Lipinski definition) is 6. The maximum absolute atomic E-state index is 11.7. The number of Topliss-reactive ketones (excluding diaryl/α,β-unsaturated/α-hetero) is 1. The lowest BCUT2D eigenvalue weighted by molar-refractivity contribution is -0.143. The van der Waals surface area contributed by atoms with Gasteiger partial charge in [-0.2, -0.15) is 0 Å². The average molecular weight is 291 g/mol. The Bertz CT molecular complexity index is 595. The molecule has 21 heavy (non-hydrogen) atoms. The summed E-state index contributed by atoms with van der Waals surface area (Å²) in [5, 5.41) is 13.6. The van der Waals surface area contributed by atoms with Crippen LogP contribution in [-0.2, 0) is 14.3 Å².